The van der Waals surface area contributed by atoms with Crippen molar-refractivity contribution in [2.75, 3.05) is 19.6 Å². The van der Waals surface area contributed by atoms with Crippen molar-refractivity contribution in [1.29, 1.82) is 0 Å². The van der Waals surface area contributed by atoms with Crippen LogP contribution in [0.2, 0.25) is 5.02 Å². The Labute approximate surface area is 154 Å². The highest BCUT2D eigenvalue weighted by Gasteiger charge is 2.18. The Kier molecular flexibility index (Phi) is 7.04. The lowest BCUT2D eigenvalue weighted by Gasteiger charge is -2.11. The molecule has 0 unspecified atom stereocenters. The third kappa shape index (κ3) is 4.94. The van der Waals surface area contributed by atoms with Crippen molar-refractivity contribution in [3.8, 4) is 0 Å². The summed E-state index contributed by atoms with van der Waals surface area (Å²) >= 11 is 5.99. The fourth-order valence-electron chi connectivity index (χ4n) is 3.09. The van der Waals surface area contributed by atoms with Crippen LogP contribution >= 0.6 is 11.6 Å². The molecule has 2 nitrogen and oxygen atoms in total. The van der Waals surface area contributed by atoms with Gasteiger partial charge < -0.3 is 17.3 Å². The molecule has 24 heavy (non-hydrogen) atoms. The van der Waals surface area contributed by atoms with Crippen LogP contribution in [0.4, 0.5) is 0 Å². The molecule has 0 radical (unpaired) electrons. The van der Waals surface area contributed by atoms with Gasteiger partial charge in [0.05, 0.1) is 13.1 Å². The van der Waals surface area contributed by atoms with E-state index < -0.39 is 0 Å². The number of nitrogens with one attached hydrogen (secondary N) is 1. The third-order valence-electron chi connectivity index (χ3n) is 4.28. The molecule has 0 saturated carbocycles. The SMILES string of the molecule is O=C(/C=C(\c1ccccc1)c1ccc(Cl)cc1)C[NH+]1CCCC1.[Cl-]. The van der Waals surface area contributed by atoms with Crippen LogP contribution < -0.4 is 17.3 Å². The van der Waals surface area contributed by atoms with E-state index in [-0.39, 0.29) is 18.2 Å². The molecule has 0 aliphatic carbocycles. The number of quaternary nitrogens is 1. The van der Waals surface area contributed by atoms with Crippen LogP contribution in [-0.2, 0) is 4.79 Å². The van der Waals surface area contributed by atoms with Crippen LogP contribution in [0.1, 0.15) is 24.0 Å². The number of halogens is 2. The number of likely N-dealkylation sites (tertiary alicyclic amines) is 1. The molecule has 0 atom stereocenters. The summed E-state index contributed by atoms with van der Waals surface area (Å²) in [7, 11) is 0. The zero-order valence-electron chi connectivity index (χ0n) is 13.5. The zero-order valence-corrected chi connectivity index (χ0v) is 15.0. The van der Waals surface area contributed by atoms with Crippen LogP contribution in [0.5, 0.6) is 0 Å². The molecule has 1 aliphatic heterocycles. The van der Waals surface area contributed by atoms with Gasteiger partial charge in [-0.2, -0.15) is 0 Å². The third-order valence-corrected chi connectivity index (χ3v) is 4.53. The van der Waals surface area contributed by atoms with E-state index in [4.69, 9.17) is 11.6 Å². The second-order valence-corrected chi connectivity index (χ2v) is 6.47. The zero-order chi connectivity index (χ0) is 16.1. The second-order valence-electron chi connectivity index (χ2n) is 6.03. The van der Waals surface area contributed by atoms with Crippen molar-refractivity contribution in [1.82, 2.24) is 0 Å². The molecular formula is C20H21Cl2NO. The van der Waals surface area contributed by atoms with Crippen molar-refractivity contribution in [3.63, 3.8) is 0 Å². The molecule has 0 bridgehead atoms. The van der Waals surface area contributed by atoms with Crippen LogP contribution in [-0.4, -0.2) is 25.4 Å². The lowest BCUT2D eigenvalue weighted by Crippen LogP contribution is -3.10. The Morgan fingerprint density at radius 2 is 1.54 bits per heavy atom. The van der Waals surface area contributed by atoms with E-state index in [1.165, 1.54) is 17.7 Å². The highest BCUT2D eigenvalue weighted by atomic mass is 35.5. The summed E-state index contributed by atoms with van der Waals surface area (Å²) in [4.78, 5) is 13.9. The van der Waals surface area contributed by atoms with E-state index in [1.807, 2.05) is 54.6 Å². The maximum absolute atomic E-state index is 12.5. The van der Waals surface area contributed by atoms with E-state index in [0.29, 0.717) is 11.6 Å². The van der Waals surface area contributed by atoms with E-state index in [2.05, 4.69) is 0 Å². The van der Waals surface area contributed by atoms with Crippen LogP contribution in [0.15, 0.2) is 60.7 Å². The fraction of sp³-hybridized carbons (Fsp3) is 0.250. The summed E-state index contributed by atoms with van der Waals surface area (Å²) in [5, 5.41) is 0.703. The molecule has 2 aromatic carbocycles. The van der Waals surface area contributed by atoms with Gasteiger partial charge in [0, 0.05) is 17.9 Å². The average molecular weight is 362 g/mol. The Hall–Kier alpha value is -1.61. The standard InChI is InChI=1S/C20H20ClNO.ClH/c21-18-10-8-17(9-11-18)20(16-6-2-1-3-7-16)14-19(23)15-22-12-4-5-13-22;/h1-3,6-11,14H,4-5,12-13,15H2;1H/b20-14+;. The van der Waals surface area contributed by atoms with Crippen molar-refractivity contribution in [2.24, 2.45) is 0 Å². The van der Waals surface area contributed by atoms with E-state index in [1.54, 1.807) is 6.08 Å². The number of carbonyl (C=O) groups excluding carboxylic acids is 1. The van der Waals surface area contributed by atoms with Gasteiger partial charge in [0.25, 0.3) is 0 Å². The van der Waals surface area contributed by atoms with E-state index in [9.17, 15) is 4.79 Å². The number of hydrogen-bond acceptors (Lipinski definition) is 1. The minimum Gasteiger partial charge on any atom is -1.00 e. The minimum absolute atomic E-state index is 0. The van der Waals surface area contributed by atoms with Gasteiger partial charge in [0.2, 0.25) is 5.78 Å². The van der Waals surface area contributed by atoms with Crippen LogP contribution in [0.3, 0.4) is 0 Å². The summed E-state index contributed by atoms with van der Waals surface area (Å²) in [6.07, 6.45) is 4.26. The van der Waals surface area contributed by atoms with Gasteiger partial charge in [-0.15, -0.1) is 0 Å². The molecule has 126 valence electrons. The van der Waals surface area contributed by atoms with Gasteiger partial charge in [-0.1, -0.05) is 54.1 Å². The predicted octanol–water partition coefficient (Wildman–Crippen LogP) is 0.0235. The molecular weight excluding hydrogens is 341 g/mol. The van der Waals surface area contributed by atoms with Gasteiger partial charge in [0.15, 0.2) is 0 Å². The molecule has 3 rings (SSSR count). The summed E-state index contributed by atoms with van der Waals surface area (Å²) in [5.74, 6) is 0.190. The predicted molar refractivity (Wildman–Crippen MR) is 94.8 cm³/mol. The topological polar surface area (TPSA) is 21.5 Å². The van der Waals surface area contributed by atoms with Gasteiger partial charge in [-0.05, 0) is 34.9 Å². The minimum atomic E-state index is 0. The number of ketones is 1. The van der Waals surface area contributed by atoms with Crippen molar-refractivity contribution >= 4 is 23.0 Å². The number of hydrogen-bond donors (Lipinski definition) is 1. The number of benzene rings is 2. The van der Waals surface area contributed by atoms with Crippen molar-refractivity contribution in [2.45, 2.75) is 12.8 Å². The first-order valence-electron chi connectivity index (χ1n) is 8.12. The number of carbonyl (C=O) groups is 1. The number of rotatable bonds is 5. The molecule has 1 saturated heterocycles. The highest BCUT2D eigenvalue weighted by Crippen LogP contribution is 2.24. The van der Waals surface area contributed by atoms with Crippen molar-refractivity contribution in [3.05, 3.63) is 76.8 Å². The summed E-state index contributed by atoms with van der Waals surface area (Å²) in [6, 6.07) is 17.7. The Morgan fingerprint density at radius 3 is 2.17 bits per heavy atom. The molecule has 4 heteroatoms. The lowest BCUT2D eigenvalue weighted by molar-refractivity contribution is -0.878. The fourth-order valence-corrected chi connectivity index (χ4v) is 3.22. The molecule has 0 spiro atoms. The smallest absolute Gasteiger partial charge is 0.210 e. The molecule has 1 heterocycles. The Bertz CT molecular complexity index is 689. The summed E-state index contributed by atoms with van der Waals surface area (Å²) in [5.41, 5.74) is 3.04. The van der Waals surface area contributed by atoms with Crippen LogP contribution in [0, 0.1) is 0 Å². The first-order chi connectivity index (χ1) is 11.2. The molecule has 1 N–H and O–H groups in total. The maximum Gasteiger partial charge on any atom is 0.210 e. The molecule has 0 amide bonds. The second kappa shape index (κ2) is 9.03. The maximum atomic E-state index is 12.5. The van der Waals surface area contributed by atoms with E-state index in [0.717, 1.165) is 29.8 Å². The summed E-state index contributed by atoms with van der Waals surface area (Å²) in [6.45, 7) is 2.81. The van der Waals surface area contributed by atoms with Crippen molar-refractivity contribution < 1.29 is 22.1 Å². The molecule has 0 aromatic heterocycles. The van der Waals surface area contributed by atoms with Gasteiger partial charge in [0.1, 0.15) is 6.54 Å². The van der Waals surface area contributed by atoms with Gasteiger partial charge in [-0.3, -0.25) is 4.79 Å². The molecule has 2 aromatic rings. The average Bonchev–Trinajstić information content (AvgIpc) is 3.07. The largest absolute Gasteiger partial charge is 1.00 e. The summed E-state index contributed by atoms with van der Waals surface area (Å²) < 4.78 is 0. The van der Waals surface area contributed by atoms with Crippen LogP contribution in [0.25, 0.3) is 5.57 Å². The highest BCUT2D eigenvalue weighted by molar-refractivity contribution is 6.30. The Morgan fingerprint density at radius 1 is 0.958 bits per heavy atom. The Balaban J connectivity index is 0.00000208. The first-order valence-corrected chi connectivity index (χ1v) is 8.49. The van der Waals surface area contributed by atoms with E-state index >= 15 is 0 Å². The molecule has 1 aliphatic rings. The quantitative estimate of drug-likeness (QED) is 0.745. The lowest BCUT2D eigenvalue weighted by atomic mass is 9.96. The first kappa shape index (κ1) is 18.7. The van der Waals surface area contributed by atoms with Gasteiger partial charge in [-0.25, -0.2) is 0 Å². The monoisotopic (exact) mass is 361 g/mol. The normalized spacial score (nSPS) is 15.1. The molecule has 1 fully saturated rings. The van der Waals surface area contributed by atoms with Gasteiger partial charge >= 0.3 is 0 Å².